The summed E-state index contributed by atoms with van der Waals surface area (Å²) < 4.78 is 28.9. The maximum absolute atomic E-state index is 12.4. The summed E-state index contributed by atoms with van der Waals surface area (Å²) in [6.45, 7) is 0.532. The van der Waals surface area contributed by atoms with Gasteiger partial charge in [0.1, 0.15) is 4.21 Å². The molecule has 0 atom stereocenters. The molecular formula is C16H15N3O4S2. The highest BCUT2D eigenvalue weighted by Crippen LogP contribution is 2.24. The third-order valence-electron chi connectivity index (χ3n) is 3.30. The number of nitrogens with zero attached hydrogens (tertiary/aromatic N) is 2. The minimum atomic E-state index is -3.77. The largest absolute Gasteiger partial charge is 0.481 e. The number of rotatable bonds is 7. The Bertz CT molecular complexity index is 978. The zero-order valence-electron chi connectivity index (χ0n) is 13.0. The van der Waals surface area contributed by atoms with E-state index in [1.165, 1.54) is 18.3 Å². The van der Waals surface area contributed by atoms with Crippen LogP contribution in [-0.2, 0) is 27.8 Å². The van der Waals surface area contributed by atoms with Gasteiger partial charge in [-0.2, -0.15) is 5.10 Å². The highest BCUT2D eigenvalue weighted by molar-refractivity contribution is 7.94. The molecule has 130 valence electrons. The molecule has 2 N–H and O–H groups in total. The predicted molar refractivity (Wildman–Crippen MR) is 94.2 cm³/mol. The van der Waals surface area contributed by atoms with Gasteiger partial charge in [0.2, 0.25) is 0 Å². The number of benzene rings is 1. The molecule has 0 amide bonds. The number of nitrogens with one attached hydrogen (secondary N) is 1. The van der Waals surface area contributed by atoms with Crippen molar-refractivity contribution in [3.8, 4) is 0 Å². The van der Waals surface area contributed by atoms with Crippen LogP contribution in [-0.4, -0.2) is 29.3 Å². The van der Waals surface area contributed by atoms with Gasteiger partial charge in [0.15, 0.2) is 0 Å². The van der Waals surface area contributed by atoms with E-state index in [2.05, 4.69) is 9.82 Å². The molecule has 0 saturated carbocycles. The number of hydrogen-bond donors (Lipinski definition) is 2. The average Bonchev–Trinajstić information content (AvgIpc) is 3.17. The van der Waals surface area contributed by atoms with Gasteiger partial charge in [0, 0.05) is 11.1 Å². The number of aromatic nitrogens is 2. The molecule has 0 unspecified atom stereocenters. The Kier molecular flexibility index (Phi) is 4.86. The van der Waals surface area contributed by atoms with Crippen LogP contribution < -0.4 is 4.72 Å². The van der Waals surface area contributed by atoms with E-state index >= 15 is 0 Å². The number of hydrogen-bond acceptors (Lipinski definition) is 5. The molecule has 0 aliphatic rings. The number of thiophene rings is 1. The molecule has 2 heterocycles. The van der Waals surface area contributed by atoms with Crippen LogP contribution in [0.3, 0.4) is 0 Å². The summed E-state index contributed by atoms with van der Waals surface area (Å²) in [4.78, 5) is 11.2. The number of anilines is 1. The second-order valence-corrected chi connectivity index (χ2v) is 8.39. The monoisotopic (exact) mass is 377 g/mol. The number of carbonyl (C=O) groups is 1. The highest BCUT2D eigenvalue weighted by Gasteiger charge is 2.18. The standard InChI is InChI=1S/C16H15N3O4S2/c20-15(21)8-14-6-7-16(24-14)25(22,23)18-13-9-17-19(11-13)10-12-4-2-1-3-5-12/h1-7,9,11,18H,8,10H2,(H,20,21). The molecule has 0 saturated heterocycles. The van der Waals surface area contributed by atoms with Crippen LogP contribution in [0, 0.1) is 0 Å². The first-order chi connectivity index (χ1) is 11.9. The Morgan fingerprint density at radius 1 is 1.20 bits per heavy atom. The van der Waals surface area contributed by atoms with Crippen LogP contribution in [0.15, 0.2) is 59.1 Å². The Hall–Kier alpha value is -2.65. The van der Waals surface area contributed by atoms with Crippen LogP contribution in [0.5, 0.6) is 0 Å². The molecule has 25 heavy (non-hydrogen) atoms. The van der Waals surface area contributed by atoms with E-state index in [1.807, 2.05) is 30.3 Å². The van der Waals surface area contributed by atoms with Crippen LogP contribution in [0.25, 0.3) is 0 Å². The fraction of sp³-hybridized carbons (Fsp3) is 0.125. The summed E-state index contributed by atoms with van der Waals surface area (Å²) in [6, 6.07) is 12.6. The maximum atomic E-state index is 12.4. The molecular weight excluding hydrogens is 362 g/mol. The second kappa shape index (κ2) is 7.08. The van der Waals surface area contributed by atoms with E-state index in [9.17, 15) is 13.2 Å². The Labute approximate surface area is 148 Å². The third-order valence-corrected chi connectivity index (χ3v) is 6.26. The van der Waals surface area contributed by atoms with Gasteiger partial charge in [0.25, 0.3) is 10.0 Å². The number of carboxylic acids is 1. The first-order valence-electron chi connectivity index (χ1n) is 7.32. The number of carboxylic acid groups (broad SMARTS) is 1. The first kappa shape index (κ1) is 17.2. The molecule has 2 aromatic heterocycles. The smallest absolute Gasteiger partial charge is 0.308 e. The summed E-state index contributed by atoms with van der Waals surface area (Å²) >= 11 is 0.938. The van der Waals surface area contributed by atoms with Crippen LogP contribution >= 0.6 is 11.3 Å². The van der Waals surface area contributed by atoms with Crippen molar-refractivity contribution >= 4 is 33.0 Å². The van der Waals surface area contributed by atoms with E-state index in [0.29, 0.717) is 17.1 Å². The lowest BCUT2D eigenvalue weighted by Crippen LogP contribution is -2.11. The summed E-state index contributed by atoms with van der Waals surface area (Å²) in [7, 11) is -3.77. The fourth-order valence-electron chi connectivity index (χ4n) is 2.23. The Morgan fingerprint density at radius 2 is 1.96 bits per heavy atom. The zero-order valence-corrected chi connectivity index (χ0v) is 14.6. The van der Waals surface area contributed by atoms with Crippen molar-refractivity contribution in [3.05, 3.63) is 65.3 Å². The van der Waals surface area contributed by atoms with Gasteiger partial charge in [-0.1, -0.05) is 30.3 Å². The molecule has 0 aliphatic heterocycles. The second-order valence-electron chi connectivity index (χ2n) is 5.31. The molecule has 0 bridgehead atoms. The molecule has 0 aliphatic carbocycles. The Morgan fingerprint density at radius 3 is 2.68 bits per heavy atom. The van der Waals surface area contributed by atoms with E-state index in [-0.39, 0.29) is 10.6 Å². The molecule has 0 spiro atoms. The normalized spacial score (nSPS) is 11.4. The molecule has 3 rings (SSSR count). The van der Waals surface area contributed by atoms with Gasteiger partial charge in [-0.05, 0) is 17.7 Å². The molecule has 0 radical (unpaired) electrons. The van der Waals surface area contributed by atoms with Gasteiger partial charge in [-0.15, -0.1) is 11.3 Å². The molecule has 0 fully saturated rings. The van der Waals surface area contributed by atoms with Crippen molar-refractivity contribution in [2.75, 3.05) is 4.72 Å². The Balaban J connectivity index is 1.71. The van der Waals surface area contributed by atoms with E-state index < -0.39 is 16.0 Å². The SMILES string of the molecule is O=C(O)Cc1ccc(S(=O)(=O)Nc2cnn(Cc3ccccc3)c2)s1. The minimum absolute atomic E-state index is 0.0690. The van der Waals surface area contributed by atoms with Crippen LogP contribution in [0.4, 0.5) is 5.69 Å². The first-order valence-corrected chi connectivity index (χ1v) is 9.62. The van der Waals surface area contributed by atoms with Crippen LogP contribution in [0.2, 0.25) is 0 Å². The lowest BCUT2D eigenvalue weighted by atomic mass is 10.2. The van der Waals surface area contributed by atoms with E-state index in [1.54, 1.807) is 10.9 Å². The van der Waals surface area contributed by atoms with Gasteiger partial charge in [-0.3, -0.25) is 14.2 Å². The van der Waals surface area contributed by atoms with Gasteiger partial charge >= 0.3 is 5.97 Å². The average molecular weight is 377 g/mol. The topological polar surface area (TPSA) is 101 Å². The number of aliphatic carboxylic acids is 1. The van der Waals surface area contributed by atoms with Crippen molar-refractivity contribution in [1.29, 1.82) is 0 Å². The van der Waals surface area contributed by atoms with E-state index in [4.69, 9.17) is 5.11 Å². The third kappa shape index (κ3) is 4.46. The summed E-state index contributed by atoms with van der Waals surface area (Å²) in [5.41, 5.74) is 1.40. The lowest BCUT2D eigenvalue weighted by Gasteiger charge is -2.03. The van der Waals surface area contributed by atoms with E-state index in [0.717, 1.165) is 16.9 Å². The maximum Gasteiger partial charge on any atom is 0.308 e. The summed E-state index contributed by atoms with van der Waals surface area (Å²) in [6.07, 6.45) is 2.85. The number of sulfonamides is 1. The minimum Gasteiger partial charge on any atom is -0.481 e. The molecule has 3 aromatic rings. The molecule has 1 aromatic carbocycles. The zero-order chi connectivity index (χ0) is 17.9. The van der Waals surface area contributed by atoms with Crippen molar-refractivity contribution < 1.29 is 18.3 Å². The van der Waals surface area contributed by atoms with Crippen LogP contribution in [0.1, 0.15) is 10.4 Å². The highest BCUT2D eigenvalue weighted by atomic mass is 32.2. The fourth-order valence-corrected chi connectivity index (χ4v) is 4.60. The van der Waals surface area contributed by atoms with Gasteiger partial charge in [-0.25, -0.2) is 8.42 Å². The quantitative estimate of drug-likeness (QED) is 0.658. The summed E-state index contributed by atoms with van der Waals surface area (Å²) in [5, 5.41) is 12.9. The van der Waals surface area contributed by atoms with Crippen molar-refractivity contribution in [2.45, 2.75) is 17.2 Å². The molecule has 9 heteroatoms. The molecule has 7 nitrogen and oxygen atoms in total. The van der Waals surface area contributed by atoms with Crippen molar-refractivity contribution in [3.63, 3.8) is 0 Å². The van der Waals surface area contributed by atoms with Crippen molar-refractivity contribution in [2.24, 2.45) is 0 Å². The predicted octanol–water partition coefficient (Wildman–Crippen LogP) is 2.42. The van der Waals surface area contributed by atoms with Gasteiger partial charge < -0.3 is 5.11 Å². The van der Waals surface area contributed by atoms with Gasteiger partial charge in [0.05, 0.1) is 24.8 Å². The lowest BCUT2D eigenvalue weighted by molar-refractivity contribution is -0.136. The van der Waals surface area contributed by atoms with Crippen molar-refractivity contribution in [1.82, 2.24) is 9.78 Å². The summed E-state index contributed by atoms with van der Waals surface area (Å²) in [5.74, 6) is -0.999.